The Kier molecular flexibility index (Phi) is 2.51. The van der Waals surface area contributed by atoms with E-state index < -0.39 is 11.9 Å². The third-order valence-electron chi connectivity index (χ3n) is 2.45. The molecular formula is C8H8F3N5. The summed E-state index contributed by atoms with van der Waals surface area (Å²) in [7, 11) is 0. The zero-order valence-electron chi connectivity index (χ0n) is 8.12. The van der Waals surface area contributed by atoms with E-state index in [2.05, 4.69) is 20.2 Å². The van der Waals surface area contributed by atoms with Gasteiger partial charge in [0.05, 0.1) is 6.54 Å². The summed E-state index contributed by atoms with van der Waals surface area (Å²) in [5.74, 6) is 0.104. The van der Waals surface area contributed by atoms with Crippen LogP contribution < -0.4 is 0 Å². The molecule has 0 spiro atoms. The summed E-state index contributed by atoms with van der Waals surface area (Å²) in [5.41, 5.74) is 7.62. The van der Waals surface area contributed by atoms with E-state index in [1.807, 2.05) is 0 Å². The fourth-order valence-corrected chi connectivity index (χ4v) is 1.59. The maximum Gasteiger partial charge on any atom is 0.435 e. The molecule has 1 heterocycles. The lowest BCUT2D eigenvalue weighted by molar-refractivity contribution is -0.141. The quantitative estimate of drug-likeness (QED) is 0.484. The van der Waals surface area contributed by atoms with Crippen LogP contribution in [0.5, 0.6) is 0 Å². The molecule has 5 nitrogen and oxygen atoms in total. The van der Waals surface area contributed by atoms with E-state index in [4.69, 9.17) is 5.53 Å². The number of azide groups is 1. The Hall–Kier alpha value is -1.69. The smallest absolute Gasteiger partial charge is 0.281 e. The van der Waals surface area contributed by atoms with Crippen LogP contribution in [-0.4, -0.2) is 10.2 Å². The third-order valence-corrected chi connectivity index (χ3v) is 2.45. The van der Waals surface area contributed by atoms with E-state index in [1.54, 1.807) is 0 Å². The summed E-state index contributed by atoms with van der Waals surface area (Å²) in [6.45, 7) is -0.312. The van der Waals surface area contributed by atoms with Crippen molar-refractivity contribution in [2.75, 3.05) is 0 Å². The Bertz CT molecular complexity index is 439. The summed E-state index contributed by atoms with van der Waals surface area (Å²) in [4.78, 5) is 2.47. The molecule has 1 aliphatic rings. The molecule has 0 aromatic carbocycles. The lowest BCUT2D eigenvalue weighted by Gasteiger charge is -2.05. The van der Waals surface area contributed by atoms with Gasteiger partial charge in [-0.2, -0.15) is 18.3 Å². The SMILES string of the molecule is [N-]=[N+]=NCc1c(C(F)(F)F)n[nH]c1C1CC1. The number of hydrogen-bond donors (Lipinski definition) is 1. The van der Waals surface area contributed by atoms with Gasteiger partial charge in [-0.15, -0.1) is 0 Å². The second-order valence-electron chi connectivity index (χ2n) is 3.63. The van der Waals surface area contributed by atoms with Crippen molar-refractivity contribution in [2.24, 2.45) is 5.11 Å². The summed E-state index contributed by atoms with van der Waals surface area (Å²) in [6.07, 6.45) is -2.81. The van der Waals surface area contributed by atoms with Gasteiger partial charge in [0.2, 0.25) is 0 Å². The highest BCUT2D eigenvalue weighted by molar-refractivity contribution is 5.32. The van der Waals surface area contributed by atoms with E-state index in [0.717, 1.165) is 12.8 Å². The summed E-state index contributed by atoms with van der Waals surface area (Å²) in [5, 5.41) is 8.85. The van der Waals surface area contributed by atoms with Gasteiger partial charge in [0, 0.05) is 22.1 Å². The first kappa shape index (κ1) is 10.8. The Balaban J connectivity index is 2.40. The van der Waals surface area contributed by atoms with Crippen LogP contribution in [0.25, 0.3) is 10.4 Å². The molecule has 1 N–H and O–H groups in total. The molecule has 1 saturated carbocycles. The molecule has 0 bridgehead atoms. The molecule has 0 unspecified atom stereocenters. The average molecular weight is 231 g/mol. The number of nitrogens with zero attached hydrogens (tertiary/aromatic N) is 4. The summed E-state index contributed by atoms with van der Waals surface area (Å²) >= 11 is 0. The molecule has 1 aromatic rings. The van der Waals surface area contributed by atoms with E-state index in [1.165, 1.54) is 0 Å². The predicted molar refractivity (Wildman–Crippen MR) is 48.4 cm³/mol. The van der Waals surface area contributed by atoms with Gasteiger partial charge in [0.15, 0.2) is 5.69 Å². The van der Waals surface area contributed by atoms with Gasteiger partial charge in [0.25, 0.3) is 0 Å². The van der Waals surface area contributed by atoms with Gasteiger partial charge >= 0.3 is 6.18 Å². The number of rotatable bonds is 3. The fraction of sp³-hybridized carbons (Fsp3) is 0.625. The van der Waals surface area contributed by atoms with Gasteiger partial charge < -0.3 is 0 Å². The summed E-state index contributed by atoms with van der Waals surface area (Å²) < 4.78 is 37.7. The number of alkyl halides is 3. The molecule has 0 aliphatic heterocycles. The van der Waals surface area contributed by atoms with Gasteiger partial charge in [-0.05, 0) is 18.4 Å². The topological polar surface area (TPSA) is 77.4 Å². The molecule has 16 heavy (non-hydrogen) atoms. The number of H-pyrrole nitrogens is 1. The van der Waals surface area contributed by atoms with Crippen molar-refractivity contribution in [2.45, 2.75) is 31.5 Å². The van der Waals surface area contributed by atoms with Crippen LogP contribution >= 0.6 is 0 Å². The molecule has 0 atom stereocenters. The molecule has 8 heteroatoms. The van der Waals surface area contributed by atoms with Crippen LogP contribution in [0.1, 0.15) is 35.7 Å². The predicted octanol–water partition coefficient (Wildman–Crippen LogP) is 3.12. The molecule has 0 amide bonds. The Morgan fingerprint density at radius 3 is 2.69 bits per heavy atom. The minimum Gasteiger partial charge on any atom is -0.281 e. The fourth-order valence-electron chi connectivity index (χ4n) is 1.59. The van der Waals surface area contributed by atoms with Gasteiger partial charge in [-0.1, -0.05) is 5.11 Å². The van der Waals surface area contributed by atoms with E-state index >= 15 is 0 Å². The largest absolute Gasteiger partial charge is 0.435 e. The zero-order valence-corrected chi connectivity index (χ0v) is 8.12. The Morgan fingerprint density at radius 2 is 2.19 bits per heavy atom. The van der Waals surface area contributed by atoms with Crippen LogP contribution in [0.4, 0.5) is 13.2 Å². The molecular weight excluding hydrogens is 223 g/mol. The molecule has 0 radical (unpaired) electrons. The highest BCUT2D eigenvalue weighted by Gasteiger charge is 2.40. The minimum absolute atomic E-state index is 0.0206. The van der Waals surface area contributed by atoms with E-state index in [9.17, 15) is 13.2 Å². The number of aromatic amines is 1. The monoisotopic (exact) mass is 231 g/mol. The molecule has 1 fully saturated rings. The number of aromatic nitrogens is 2. The van der Waals surface area contributed by atoms with Crippen molar-refractivity contribution in [3.8, 4) is 0 Å². The highest BCUT2D eigenvalue weighted by Crippen LogP contribution is 2.43. The van der Waals surface area contributed by atoms with Crippen LogP contribution in [0.3, 0.4) is 0 Å². The third kappa shape index (κ3) is 1.96. The second-order valence-corrected chi connectivity index (χ2v) is 3.63. The van der Waals surface area contributed by atoms with Crippen molar-refractivity contribution in [1.29, 1.82) is 0 Å². The van der Waals surface area contributed by atoms with Crippen LogP contribution in [0.15, 0.2) is 5.11 Å². The van der Waals surface area contributed by atoms with E-state index in [0.29, 0.717) is 5.69 Å². The lowest BCUT2D eigenvalue weighted by atomic mass is 10.1. The van der Waals surface area contributed by atoms with Crippen molar-refractivity contribution >= 4 is 0 Å². The molecule has 1 aliphatic carbocycles. The second kappa shape index (κ2) is 3.71. The minimum atomic E-state index is -4.51. The number of hydrogen-bond acceptors (Lipinski definition) is 2. The van der Waals surface area contributed by atoms with E-state index in [-0.39, 0.29) is 18.0 Å². The van der Waals surface area contributed by atoms with Crippen LogP contribution in [0.2, 0.25) is 0 Å². The van der Waals surface area contributed by atoms with Gasteiger partial charge in [0.1, 0.15) is 0 Å². The zero-order chi connectivity index (χ0) is 11.8. The van der Waals surface area contributed by atoms with Crippen LogP contribution in [0, 0.1) is 0 Å². The van der Waals surface area contributed by atoms with Crippen molar-refractivity contribution in [3.63, 3.8) is 0 Å². The maximum atomic E-state index is 12.6. The van der Waals surface area contributed by atoms with Crippen LogP contribution in [-0.2, 0) is 12.7 Å². The number of halogens is 3. The first-order valence-corrected chi connectivity index (χ1v) is 4.69. The molecule has 86 valence electrons. The standard InChI is InChI=1S/C8H8F3N5/c9-8(10,11)7-5(3-13-16-12)6(14-15-7)4-1-2-4/h4H,1-3H2,(H,14,15). The molecule has 0 saturated heterocycles. The normalized spacial score (nSPS) is 15.9. The molecule has 1 aromatic heterocycles. The van der Waals surface area contributed by atoms with Gasteiger partial charge in [-0.3, -0.25) is 5.10 Å². The Morgan fingerprint density at radius 1 is 1.50 bits per heavy atom. The van der Waals surface area contributed by atoms with Crippen molar-refractivity contribution in [1.82, 2.24) is 10.2 Å². The molecule has 2 rings (SSSR count). The first-order valence-electron chi connectivity index (χ1n) is 4.69. The van der Waals surface area contributed by atoms with Crippen molar-refractivity contribution in [3.05, 3.63) is 27.4 Å². The van der Waals surface area contributed by atoms with Gasteiger partial charge in [-0.25, -0.2) is 0 Å². The Labute approximate surface area is 88.3 Å². The maximum absolute atomic E-state index is 12.6. The lowest BCUT2D eigenvalue weighted by Crippen LogP contribution is -2.09. The highest BCUT2D eigenvalue weighted by atomic mass is 19.4. The summed E-state index contributed by atoms with van der Waals surface area (Å²) in [6, 6.07) is 0. The average Bonchev–Trinajstić information content (AvgIpc) is 2.94. The number of nitrogens with one attached hydrogen (secondary N) is 1. The van der Waals surface area contributed by atoms with Crippen molar-refractivity contribution < 1.29 is 13.2 Å². The first-order chi connectivity index (χ1) is 7.54.